The maximum absolute atomic E-state index is 13.5. The van der Waals surface area contributed by atoms with Gasteiger partial charge in [-0.2, -0.15) is 0 Å². The Morgan fingerprint density at radius 1 is 0.900 bits per heavy atom. The minimum atomic E-state index is -2.33. The van der Waals surface area contributed by atoms with Crippen molar-refractivity contribution < 1.29 is 22.0 Å². The Balaban J connectivity index is 2.94. The average Bonchev–Trinajstić information content (AvgIpc) is 2.40. The van der Waals surface area contributed by atoms with Gasteiger partial charge in [-0.3, -0.25) is 9.78 Å². The standard InChI is InChI=1S/C11H5F5N2O2/c1-18-2-3(10(19)17-11(18)20)4-5(12)7(14)9(16)8(15)6(4)13/h2H,1H3,(H,17,19,20). The molecule has 2 aromatic rings. The van der Waals surface area contributed by atoms with E-state index >= 15 is 0 Å². The summed E-state index contributed by atoms with van der Waals surface area (Å²) in [5.41, 5.74) is -4.41. The Labute approximate surface area is 107 Å². The Hall–Kier alpha value is -2.45. The van der Waals surface area contributed by atoms with Crippen LogP contribution in [0.4, 0.5) is 22.0 Å². The normalized spacial score (nSPS) is 10.9. The van der Waals surface area contributed by atoms with E-state index in [9.17, 15) is 31.5 Å². The van der Waals surface area contributed by atoms with Crippen molar-refractivity contribution in [2.24, 2.45) is 7.05 Å². The monoisotopic (exact) mass is 292 g/mol. The van der Waals surface area contributed by atoms with Crippen molar-refractivity contribution in [3.63, 3.8) is 0 Å². The molecule has 0 aliphatic heterocycles. The molecule has 1 heterocycles. The number of hydrogen-bond donors (Lipinski definition) is 1. The molecule has 1 aromatic carbocycles. The van der Waals surface area contributed by atoms with Gasteiger partial charge in [0.25, 0.3) is 5.56 Å². The molecule has 9 heteroatoms. The van der Waals surface area contributed by atoms with E-state index in [0.717, 1.165) is 11.6 Å². The number of hydrogen-bond acceptors (Lipinski definition) is 2. The summed E-state index contributed by atoms with van der Waals surface area (Å²) in [5, 5.41) is 0. The van der Waals surface area contributed by atoms with Crippen LogP contribution in [-0.2, 0) is 7.05 Å². The highest BCUT2D eigenvalue weighted by molar-refractivity contribution is 5.63. The molecule has 0 spiro atoms. The van der Waals surface area contributed by atoms with Gasteiger partial charge in [0.1, 0.15) is 0 Å². The first-order valence-corrected chi connectivity index (χ1v) is 5.07. The molecule has 20 heavy (non-hydrogen) atoms. The molecule has 0 atom stereocenters. The Kier molecular flexibility index (Phi) is 3.20. The van der Waals surface area contributed by atoms with Crippen LogP contribution < -0.4 is 11.2 Å². The van der Waals surface area contributed by atoms with Crippen molar-refractivity contribution in [3.8, 4) is 11.1 Å². The van der Waals surface area contributed by atoms with Crippen molar-refractivity contribution in [2.45, 2.75) is 0 Å². The van der Waals surface area contributed by atoms with E-state index in [1.807, 2.05) is 0 Å². The van der Waals surface area contributed by atoms with E-state index < -0.39 is 51.5 Å². The van der Waals surface area contributed by atoms with E-state index in [-0.39, 0.29) is 0 Å². The third-order valence-corrected chi connectivity index (χ3v) is 2.59. The van der Waals surface area contributed by atoms with E-state index in [1.165, 1.54) is 0 Å². The average molecular weight is 292 g/mol. The molecule has 0 amide bonds. The van der Waals surface area contributed by atoms with Crippen LogP contribution in [0.5, 0.6) is 0 Å². The zero-order chi connectivity index (χ0) is 15.2. The van der Waals surface area contributed by atoms with Crippen LogP contribution in [0.2, 0.25) is 0 Å². The first-order valence-electron chi connectivity index (χ1n) is 5.07. The number of rotatable bonds is 1. The Morgan fingerprint density at radius 3 is 1.85 bits per heavy atom. The van der Waals surface area contributed by atoms with Gasteiger partial charge in [0.2, 0.25) is 5.82 Å². The molecule has 0 unspecified atom stereocenters. The number of nitrogens with zero attached hydrogens (tertiary/aromatic N) is 1. The van der Waals surface area contributed by atoms with Crippen LogP contribution in [0.3, 0.4) is 0 Å². The zero-order valence-corrected chi connectivity index (χ0v) is 9.73. The van der Waals surface area contributed by atoms with Crippen LogP contribution in [0.15, 0.2) is 15.8 Å². The van der Waals surface area contributed by atoms with Gasteiger partial charge in [0.05, 0.1) is 11.1 Å². The van der Waals surface area contributed by atoms with Crippen LogP contribution in [0.25, 0.3) is 11.1 Å². The third kappa shape index (κ3) is 1.91. The molecule has 1 aromatic heterocycles. The van der Waals surface area contributed by atoms with Gasteiger partial charge in [0.15, 0.2) is 23.3 Å². The summed E-state index contributed by atoms with van der Waals surface area (Å²) in [6, 6.07) is 0. The summed E-state index contributed by atoms with van der Waals surface area (Å²) in [7, 11) is 1.13. The van der Waals surface area contributed by atoms with Crippen molar-refractivity contribution in [3.05, 3.63) is 56.1 Å². The quantitative estimate of drug-likeness (QED) is 0.491. The zero-order valence-electron chi connectivity index (χ0n) is 9.73. The maximum atomic E-state index is 13.5. The number of aromatic amines is 1. The topological polar surface area (TPSA) is 54.9 Å². The van der Waals surface area contributed by atoms with E-state index in [2.05, 4.69) is 0 Å². The number of nitrogens with one attached hydrogen (secondary N) is 1. The lowest BCUT2D eigenvalue weighted by molar-refractivity contribution is 0.381. The van der Waals surface area contributed by atoms with Crippen molar-refractivity contribution >= 4 is 0 Å². The molecule has 0 fully saturated rings. The largest absolute Gasteiger partial charge is 0.328 e. The first-order chi connectivity index (χ1) is 9.25. The maximum Gasteiger partial charge on any atom is 0.328 e. The first kappa shape index (κ1) is 14.0. The second-order valence-corrected chi connectivity index (χ2v) is 3.86. The lowest BCUT2D eigenvalue weighted by Gasteiger charge is -2.08. The summed E-state index contributed by atoms with van der Waals surface area (Å²) in [6.45, 7) is 0. The summed E-state index contributed by atoms with van der Waals surface area (Å²) in [5.74, 6) is -11.0. The summed E-state index contributed by atoms with van der Waals surface area (Å²) >= 11 is 0. The van der Waals surface area contributed by atoms with Gasteiger partial charge in [-0.05, 0) is 0 Å². The molecule has 1 N–H and O–H groups in total. The van der Waals surface area contributed by atoms with E-state index in [4.69, 9.17) is 0 Å². The molecule has 106 valence electrons. The molecular weight excluding hydrogens is 287 g/mol. The highest BCUT2D eigenvalue weighted by Gasteiger charge is 2.28. The number of aromatic nitrogens is 2. The predicted octanol–water partition coefficient (Wildman–Crippen LogP) is 1.44. The molecule has 0 bridgehead atoms. The fourth-order valence-corrected chi connectivity index (χ4v) is 1.58. The number of benzene rings is 1. The van der Waals surface area contributed by atoms with Crippen LogP contribution in [0.1, 0.15) is 0 Å². The second-order valence-electron chi connectivity index (χ2n) is 3.86. The van der Waals surface area contributed by atoms with Gasteiger partial charge in [-0.25, -0.2) is 26.7 Å². The minimum Gasteiger partial charge on any atom is -0.303 e. The Morgan fingerprint density at radius 2 is 1.35 bits per heavy atom. The van der Waals surface area contributed by atoms with Crippen LogP contribution >= 0.6 is 0 Å². The fourth-order valence-electron chi connectivity index (χ4n) is 1.58. The van der Waals surface area contributed by atoms with Gasteiger partial charge < -0.3 is 4.57 Å². The highest BCUT2D eigenvalue weighted by atomic mass is 19.2. The number of halogens is 5. The smallest absolute Gasteiger partial charge is 0.303 e. The van der Waals surface area contributed by atoms with Crippen LogP contribution in [-0.4, -0.2) is 9.55 Å². The highest BCUT2D eigenvalue weighted by Crippen LogP contribution is 2.29. The summed E-state index contributed by atoms with van der Waals surface area (Å²) in [6.07, 6.45) is 0.680. The van der Waals surface area contributed by atoms with Gasteiger partial charge >= 0.3 is 5.69 Å². The lowest BCUT2D eigenvalue weighted by Crippen LogP contribution is -2.29. The van der Waals surface area contributed by atoms with Crippen molar-refractivity contribution in [2.75, 3.05) is 0 Å². The lowest BCUT2D eigenvalue weighted by atomic mass is 10.1. The molecule has 2 rings (SSSR count). The Bertz CT molecular complexity index is 796. The molecule has 0 aliphatic rings. The summed E-state index contributed by atoms with van der Waals surface area (Å²) < 4.78 is 66.8. The van der Waals surface area contributed by atoms with E-state index in [1.54, 1.807) is 4.98 Å². The fraction of sp³-hybridized carbons (Fsp3) is 0.0909. The number of aryl methyl sites for hydroxylation is 1. The number of H-pyrrole nitrogens is 1. The van der Waals surface area contributed by atoms with E-state index in [0.29, 0.717) is 6.20 Å². The molecular formula is C11H5F5N2O2. The van der Waals surface area contributed by atoms with Crippen molar-refractivity contribution in [1.82, 2.24) is 9.55 Å². The van der Waals surface area contributed by atoms with Crippen molar-refractivity contribution in [1.29, 1.82) is 0 Å². The molecule has 0 radical (unpaired) electrons. The predicted molar refractivity (Wildman–Crippen MR) is 57.5 cm³/mol. The molecule has 4 nitrogen and oxygen atoms in total. The molecule has 0 aliphatic carbocycles. The summed E-state index contributed by atoms with van der Waals surface area (Å²) in [4.78, 5) is 24.3. The van der Waals surface area contributed by atoms with Gasteiger partial charge in [0, 0.05) is 13.2 Å². The minimum absolute atomic E-state index is 0.680. The van der Waals surface area contributed by atoms with Gasteiger partial charge in [-0.1, -0.05) is 0 Å². The van der Waals surface area contributed by atoms with Gasteiger partial charge in [-0.15, -0.1) is 0 Å². The molecule has 0 saturated heterocycles. The van der Waals surface area contributed by atoms with Crippen LogP contribution in [0, 0.1) is 29.1 Å². The SMILES string of the molecule is Cn1cc(-c2c(F)c(F)c(F)c(F)c2F)c(=O)[nH]c1=O. The second kappa shape index (κ2) is 4.58. The third-order valence-electron chi connectivity index (χ3n) is 2.59. The molecule has 0 saturated carbocycles.